The van der Waals surface area contributed by atoms with Crippen molar-refractivity contribution < 1.29 is 28.8 Å². The molecule has 34 heavy (non-hydrogen) atoms. The number of aryl methyl sites for hydroxylation is 1. The highest BCUT2D eigenvalue weighted by molar-refractivity contribution is 6.12. The van der Waals surface area contributed by atoms with Crippen LogP contribution in [0, 0.1) is 28.9 Å². The maximum atomic E-state index is 13.7. The van der Waals surface area contributed by atoms with Gasteiger partial charge in [-0.25, -0.2) is 4.79 Å². The number of carbonyl (C=O) groups is 3. The molecule has 0 unspecified atom stereocenters. The summed E-state index contributed by atoms with van der Waals surface area (Å²) < 4.78 is 10.5. The van der Waals surface area contributed by atoms with Crippen molar-refractivity contribution >= 4 is 23.4 Å². The van der Waals surface area contributed by atoms with Crippen LogP contribution in [0.3, 0.4) is 0 Å². The number of allylic oxidation sites excluding steroid dienone is 3. The third kappa shape index (κ3) is 4.47. The zero-order valence-electron chi connectivity index (χ0n) is 20.3. The Balaban J connectivity index is 2.23. The lowest BCUT2D eigenvalue weighted by Gasteiger charge is -2.38. The Labute approximate surface area is 198 Å². The summed E-state index contributed by atoms with van der Waals surface area (Å²) >= 11 is 0. The topological polar surface area (TPSA) is 125 Å². The minimum atomic E-state index is -1.03. The average molecular weight is 471 g/mol. The van der Waals surface area contributed by atoms with Crippen molar-refractivity contribution in [1.29, 1.82) is 0 Å². The third-order valence-corrected chi connectivity index (χ3v) is 6.61. The van der Waals surface area contributed by atoms with Gasteiger partial charge < -0.3 is 14.8 Å². The molecule has 1 aliphatic heterocycles. The summed E-state index contributed by atoms with van der Waals surface area (Å²) in [6, 6.07) is 4.65. The normalized spacial score (nSPS) is 23.1. The van der Waals surface area contributed by atoms with E-state index in [0.717, 1.165) is 0 Å². The fourth-order valence-electron chi connectivity index (χ4n) is 4.62. The zero-order valence-corrected chi connectivity index (χ0v) is 20.3. The number of methoxy groups -OCH3 is 1. The lowest BCUT2D eigenvalue weighted by atomic mass is 9.69. The Hall–Kier alpha value is -3.49. The minimum absolute atomic E-state index is 0.119. The standard InChI is InChI=1S/C25H30N2O7/c1-7-14(4)34-25(30)20-15(5)26-17-10-13(3)19(24(29)33-6)23(28)22(17)21(20)16-9-8-12(2)18(11-16)27(31)32/h8-9,11,13-14,19,21,26H,7,10H2,1-6H3/t13-,14-,19+,21+/m0/s1. The number of carbonyl (C=O) groups excluding carboxylic acids is 3. The fraction of sp³-hybridized carbons (Fsp3) is 0.480. The van der Waals surface area contributed by atoms with Crippen molar-refractivity contribution in [2.45, 2.75) is 59.5 Å². The second-order valence-electron chi connectivity index (χ2n) is 8.96. The lowest BCUT2D eigenvalue weighted by molar-refractivity contribution is -0.385. The van der Waals surface area contributed by atoms with Gasteiger partial charge in [-0.1, -0.05) is 26.0 Å². The number of benzene rings is 1. The highest BCUT2D eigenvalue weighted by Gasteiger charge is 2.47. The van der Waals surface area contributed by atoms with Gasteiger partial charge in [0.25, 0.3) is 5.69 Å². The number of nitro groups is 1. The number of ketones is 1. The Morgan fingerprint density at radius 3 is 2.56 bits per heavy atom. The molecule has 9 heteroatoms. The van der Waals surface area contributed by atoms with Gasteiger partial charge in [-0.3, -0.25) is 19.7 Å². The first-order chi connectivity index (χ1) is 16.0. The van der Waals surface area contributed by atoms with Gasteiger partial charge in [-0.05, 0) is 45.1 Å². The number of nitro benzene ring substituents is 1. The molecule has 0 bridgehead atoms. The second-order valence-corrected chi connectivity index (χ2v) is 8.96. The molecule has 2 aliphatic rings. The molecular formula is C25H30N2O7. The smallest absolute Gasteiger partial charge is 0.337 e. The maximum absolute atomic E-state index is 13.7. The fourth-order valence-corrected chi connectivity index (χ4v) is 4.62. The molecule has 1 aromatic carbocycles. The van der Waals surface area contributed by atoms with Crippen LogP contribution >= 0.6 is 0 Å². The van der Waals surface area contributed by atoms with E-state index < -0.39 is 34.5 Å². The molecule has 9 nitrogen and oxygen atoms in total. The predicted octanol–water partition coefficient (Wildman–Crippen LogP) is 3.86. The predicted molar refractivity (Wildman–Crippen MR) is 124 cm³/mol. The number of ether oxygens (including phenoxy) is 2. The number of hydrogen-bond donors (Lipinski definition) is 1. The van der Waals surface area contributed by atoms with E-state index in [9.17, 15) is 24.5 Å². The lowest BCUT2D eigenvalue weighted by Crippen LogP contribution is -2.43. The molecule has 0 fully saturated rings. The molecule has 3 rings (SSSR count). The van der Waals surface area contributed by atoms with Crippen LogP contribution < -0.4 is 5.32 Å². The molecule has 0 saturated carbocycles. The quantitative estimate of drug-likeness (QED) is 0.288. The number of dihydropyridines is 1. The molecule has 0 saturated heterocycles. The molecular weight excluding hydrogens is 440 g/mol. The van der Waals surface area contributed by atoms with E-state index in [1.54, 1.807) is 39.8 Å². The van der Waals surface area contributed by atoms with E-state index in [1.807, 2.05) is 6.92 Å². The molecule has 1 N–H and O–H groups in total. The molecule has 1 heterocycles. The average Bonchev–Trinajstić information content (AvgIpc) is 2.77. The SMILES string of the molecule is CC[C@H](C)OC(=O)C1=C(C)NC2=C(C(=O)[C@H](C(=O)OC)[C@@H](C)C2)[C@@H]1c1ccc(C)c([N+](=O)[O-])c1. The van der Waals surface area contributed by atoms with E-state index in [4.69, 9.17) is 9.47 Å². The summed E-state index contributed by atoms with van der Waals surface area (Å²) in [5.41, 5.74) is 2.30. The first-order valence-electron chi connectivity index (χ1n) is 11.3. The Bertz CT molecular complexity index is 1120. The van der Waals surface area contributed by atoms with Crippen LogP contribution in [0.25, 0.3) is 0 Å². The zero-order chi connectivity index (χ0) is 25.3. The third-order valence-electron chi connectivity index (χ3n) is 6.61. The number of nitrogens with zero attached hydrogens (tertiary/aromatic N) is 1. The van der Waals surface area contributed by atoms with Crippen molar-refractivity contribution in [3.8, 4) is 0 Å². The van der Waals surface area contributed by atoms with Crippen LogP contribution in [0.4, 0.5) is 5.69 Å². The molecule has 0 amide bonds. The molecule has 4 atom stereocenters. The van der Waals surface area contributed by atoms with Crippen LogP contribution in [0.5, 0.6) is 0 Å². The molecule has 0 spiro atoms. The highest BCUT2D eigenvalue weighted by atomic mass is 16.6. The number of nitrogens with one attached hydrogen (secondary N) is 1. The van der Waals surface area contributed by atoms with E-state index in [2.05, 4.69) is 5.32 Å². The largest absolute Gasteiger partial charge is 0.468 e. The Morgan fingerprint density at radius 2 is 1.97 bits per heavy atom. The van der Waals surface area contributed by atoms with Gasteiger partial charge in [0.1, 0.15) is 5.92 Å². The second kappa shape index (κ2) is 9.79. The van der Waals surface area contributed by atoms with Crippen molar-refractivity contribution in [3.05, 3.63) is 62.0 Å². The summed E-state index contributed by atoms with van der Waals surface area (Å²) in [5, 5.41) is 14.8. The van der Waals surface area contributed by atoms with Gasteiger partial charge >= 0.3 is 11.9 Å². The highest BCUT2D eigenvalue weighted by Crippen LogP contribution is 2.46. The van der Waals surface area contributed by atoms with Gasteiger partial charge in [-0.15, -0.1) is 0 Å². The van der Waals surface area contributed by atoms with E-state index >= 15 is 0 Å². The number of Topliss-reactive ketones (excluding diaryl/α,β-unsaturated/α-hetero) is 1. The van der Waals surface area contributed by atoms with Crippen molar-refractivity contribution in [2.75, 3.05) is 7.11 Å². The number of rotatable bonds is 6. The molecule has 0 aromatic heterocycles. The maximum Gasteiger partial charge on any atom is 0.337 e. The van der Waals surface area contributed by atoms with E-state index in [1.165, 1.54) is 13.2 Å². The summed E-state index contributed by atoms with van der Waals surface area (Å²) in [6.45, 7) is 8.78. The van der Waals surface area contributed by atoms with Crippen LogP contribution in [0.15, 0.2) is 40.7 Å². The van der Waals surface area contributed by atoms with Gasteiger partial charge in [0.15, 0.2) is 5.78 Å². The van der Waals surface area contributed by atoms with Gasteiger partial charge in [0.2, 0.25) is 0 Å². The minimum Gasteiger partial charge on any atom is -0.468 e. The van der Waals surface area contributed by atoms with Crippen LogP contribution in [-0.4, -0.2) is 35.9 Å². The molecule has 1 aliphatic carbocycles. The van der Waals surface area contributed by atoms with Gasteiger partial charge in [0, 0.05) is 34.5 Å². The summed E-state index contributed by atoms with van der Waals surface area (Å²) in [6.07, 6.45) is 0.623. The molecule has 182 valence electrons. The van der Waals surface area contributed by atoms with Crippen LogP contribution in [0.1, 0.15) is 57.6 Å². The first-order valence-corrected chi connectivity index (χ1v) is 11.3. The summed E-state index contributed by atoms with van der Waals surface area (Å²) in [4.78, 5) is 50.6. The number of hydrogen-bond acceptors (Lipinski definition) is 8. The van der Waals surface area contributed by atoms with Crippen molar-refractivity contribution in [2.24, 2.45) is 11.8 Å². The first kappa shape index (κ1) is 25.1. The number of esters is 2. The van der Waals surface area contributed by atoms with E-state index in [-0.39, 0.29) is 28.9 Å². The Morgan fingerprint density at radius 1 is 1.29 bits per heavy atom. The van der Waals surface area contributed by atoms with Crippen LogP contribution in [-0.2, 0) is 23.9 Å². The monoisotopic (exact) mass is 470 g/mol. The van der Waals surface area contributed by atoms with Crippen molar-refractivity contribution in [3.63, 3.8) is 0 Å². The van der Waals surface area contributed by atoms with Crippen LogP contribution in [0.2, 0.25) is 0 Å². The molecule has 1 aromatic rings. The Kier molecular flexibility index (Phi) is 7.24. The molecule has 0 radical (unpaired) electrons. The van der Waals surface area contributed by atoms with E-state index in [0.29, 0.717) is 35.4 Å². The van der Waals surface area contributed by atoms with Gasteiger partial charge in [0.05, 0.1) is 23.7 Å². The summed E-state index contributed by atoms with van der Waals surface area (Å²) in [5.74, 6) is -3.98. The van der Waals surface area contributed by atoms with Gasteiger partial charge in [-0.2, -0.15) is 0 Å². The summed E-state index contributed by atoms with van der Waals surface area (Å²) in [7, 11) is 1.23. The van der Waals surface area contributed by atoms with Crippen molar-refractivity contribution in [1.82, 2.24) is 5.32 Å².